The minimum atomic E-state index is -0.0400. The molecular formula is C22H20NO2. The summed E-state index contributed by atoms with van der Waals surface area (Å²) in [5.74, 6) is 0.555. The van der Waals surface area contributed by atoms with E-state index in [1.165, 1.54) is 0 Å². The Kier molecular flexibility index (Phi) is 5.60. The molecule has 125 valence electrons. The second-order valence-electron chi connectivity index (χ2n) is 5.66. The van der Waals surface area contributed by atoms with E-state index < -0.39 is 0 Å². The number of hydrogen-bond donors (Lipinski definition) is 0. The number of ether oxygens (including phenoxy) is 1. The number of ketones is 1. The SMILES string of the molecule is C[N]CCOc1ccc(-c2ccccc2)cc1C(=O)c1ccccc1. The Morgan fingerprint density at radius 1 is 0.880 bits per heavy atom. The molecule has 0 N–H and O–H groups in total. The molecule has 1 radical (unpaired) electrons. The highest BCUT2D eigenvalue weighted by Gasteiger charge is 2.16. The maximum atomic E-state index is 13.0. The van der Waals surface area contributed by atoms with Gasteiger partial charge in [0.2, 0.25) is 0 Å². The van der Waals surface area contributed by atoms with Crippen molar-refractivity contribution in [2.45, 2.75) is 0 Å². The van der Waals surface area contributed by atoms with Gasteiger partial charge in [-0.1, -0.05) is 66.7 Å². The highest BCUT2D eigenvalue weighted by molar-refractivity contribution is 6.11. The summed E-state index contributed by atoms with van der Waals surface area (Å²) in [6, 6.07) is 25.0. The highest BCUT2D eigenvalue weighted by atomic mass is 16.5. The molecule has 25 heavy (non-hydrogen) atoms. The number of nitrogens with zero attached hydrogens (tertiary/aromatic N) is 1. The van der Waals surface area contributed by atoms with Crippen LogP contribution in [0.5, 0.6) is 5.75 Å². The summed E-state index contributed by atoms with van der Waals surface area (Å²) in [5.41, 5.74) is 3.29. The molecule has 0 amide bonds. The smallest absolute Gasteiger partial charge is 0.196 e. The third-order valence-electron chi connectivity index (χ3n) is 3.94. The van der Waals surface area contributed by atoms with Gasteiger partial charge in [0.15, 0.2) is 5.78 Å². The second kappa shape index (κ2) is 8.27. The minimum absolute atomic E-state index is 0.0400. The molecule has 3 aromatic rings. The molecule has 0 saturated carbocycles. The Morgan fingerprint density at radius 2 is 1.56 bits per heavy atom. The van der Waals surface area contributed by atoms with Gasteiger partial charge in [-0.2, -0.15) is 0 Å². The first-order chi connectivity index (χ1) is 12.3. The average molecular weight is 330 g/mol. The zero-order valence-corrected chi connectivity index (χ0v) is 14.2. The monoisotopic (exact) mass is 330 g/mol. The molecule has 0 atom stereocenters. The van der Waals surface area contributed by atoms with Crippen molar-refractivity contribution in [2.24, 2.45) is 0 Å². The molecule has 3 heteroatoms. The zero-order chi connectivity index (χ0) is 17.5. The maximum Gasteiger partial charge on any atom is 0.196 e. The summed E-state index contributed by atoms with van der Waals surface area (Å²) in [6.07, 6.45) is 0. The average Bonchev–Trinajstić information content (AvgIpc) is 2.69. The van der Waals surface area contributed by atoms with Crippen LogP contribution in [0.2, 0.25) is 0 Å². The lowest BCUT2D eigenvalue weighted by Crippen LogP contribution is -2.13. The number of benzene rings is 3. The van der Waals surface area contributed by atoms with Crippen LogP contribution in [0.25, 0.3) is 11.1 Å². The van der Waals surface area contributed by atoms with Gasteiger partial charge >= 0.3 is 0 Å². The van der Waals surface area contributed by atoms with E-state index in [9.17, 15) is 4.79 Å². The summed E-state index contributed by atoms with van der Waals surface area (Å²) in [5, 5.41) is 4.04. The Morgan fingerprint density at radius 3 is 2.24 bits per heavy atom. The minimum Gasteiger partial charge on any atom is -0.491 e. The van der Waals surface area contributed by atoms with Crippen LogP contribution in [0.3, 0.4) is 0 Å². The second-order valence-corrected chi connectivity index (χ2v) is 5.66. The van der Waals surface area contributed by atoms with Crippen LogP contribution >= 0.6 is 0 Å². The molecular weight excluding hydrogens is 310 g/mol. The van der Waals surface area contributed by atoms with Gasteiger partial charge in [-0.25, -0.2) is 5.32 Å². The van der Waals surface area contributed by atoms with Crippen molar-refractivity contribution >= 4 is 5.78 Å². The van der Waals surface area contributed by atoms with Crippen LogP contribution in [0.4, 0.5) is 0 Å². The predicted octanol–water partition coefficient (Wildman–Crippen LogP) is 4.20. The normalized spacial score (nSPS) is 10.4. The van der Waals surface area contributed by atoms with Gasteiger partial charge in [0.1, 0.15) is 12.4 Å². The number of likely N-dealkylation sites (N-methyl/N-ethyl adjacent to an activating group) is 1. The van der Waals surface area contributed by atoms with E-state index in [0.717, 1.165) is 11.1 Å². The molecule has 0 aromatic heterocycles. The van der Waals surface area contributed by atoms with Crippen LogP contribution < -0.4 is 10.1 Å². The fourth-order valence-corrected chi connectivity index (χ4v) is 2.64. The highest BCUT2D eigenvalue weighted by Crippen LogP contribution is 2.28. The first kappa shape index (κ1) is 16.9. The predicted molar refractivity (Wildman–Crippen MR) is 100 cm³/mol. The number of hydrogen-bond acceptors (Lipinski definition) is 2. The summed E-state index contributed by atoms with van der Waals surface area (Å²) in [4.78, 5) is 13.0. The topological polar surface area (TPSA) is 40.4 Å². The van der Waals surface area contributed by atoms with Gasteiger partial charge in [-0.3, -0.25) is 4.79 Å². The van der Waals surface area contributed by atoms with Crippen molar-refractivity contribution in [3.05, 3.63) is 90.0 Å². The lowest BCUT2D eigenvalue weighted by atomic mass is 9.97. The van der Waals surface area contributed by atoms with Crippen molar-refractivity contribution in [2.75, 3.05) is 20.2 Å². The van der Waals surface area contributed by atoms with Crippen LogP contribution in [0, 0.1) is 0 Å². The number of carbonyl (C=O) groups is 1. The molecule has 0 aliphatic rings. The molecule has 0 aliphatic heterocycles. The van der Waals surface area contributed by atoms with Crippen molar-refractivity contribution in [3.8, 4) is 16.9 Å². The van der Waals surface area contributed by atoms with Gasteiger partial charge in [0.05, 0.1) is 5.56 Å². The Balaban J connectivity index is 2.00. The van der Waals surface area contributed by atoms with E-state index in [2.05, 4.69) is 5.32 Å². The molecule has 0 spiro atoms. The largest absolute Gasteiger partial charge is 0.491 e. The van der Waals surface area contributed by atoms with Crippen LogP contribution in [-0.4, -0.2) is 26.0 Å². The van der Waals surface area contributed by atoms with Crippen molar-refractivity contribution in [1.29, 1.82) is 0 Å². The Labute approximate surface area is 148 Å². The van der Waals surface area contributed by atoms with E-state index in [4.69, 9.17) is 4.74 Å². The Hall–Kier alpha value is -2.91. The van der Waals surface area contributed by atoms with Gasteiger partial charge in [-0.15, -0.1) is 0 Å². The summed E-state index contributed by atoms with van der Waals surface area (Å²) >= 11 is 0. The van der Waals surface area contributed by atoms with Crippen LogP contribution in [-0.2, 0) is 0 Å². The maximum absolute atomic E-state index is 13.0. The molecule has 0 fully saturated rings. The lowest BCUT2D eigenvalue weighted by molar-refractivity contribution is 0.103. The Bertz CT molecular complexity index is 829. The summed E-state index contributed by atoms with van der Waals surface area (Å²) in [7, 11) is 1.75. The molecule has 3 nitrogen and oxygen atoms in total. The molecule has 0 heterocycles. The standard InChI is InChI=1S/C22H20NO2/c1-23-14-15-25-21-13-12-19(17-8-4-2-5-9-17)16-20(21)22(24)18-10-6-3-7-11-18/h2-13,16H,14-15H2,1H3. The summed E-state index contributed by atoms with van der Waals surface area (Å²) < 4.78 is 5.80. The number of carbonyl (C=O) groups excluding carboxylic acids is 1. The first-order valence-corrected chi connectivity index (χ1v) is 8.27. The molecule has 3 rings (SSSR count). The van der Waals surface area contributed by atoms with E-state index in [1.807, 2.05) is 78.9 Å². The van der Waals surface area contributed by atoms with Crippen molar-refractivity contribution in [1.82, 2.24) is 5.32 Å². The third-order valence-corrected chi connectivity index (χ3v) is 3.94. The summed E-state index contributed by atoms with van der Waals surface area (Å²) in [6.45, 7) is 1.05. The van der Waals surface area contributed by atoms with Crippen LogP contribution in [0.15, 0.2) is 78.9 Å². The molecule has 3 aromatic carbocycles. The first-order valence-electron chi connectivity index (χ1n) is 8.27. The quantitative estimate of drug-likeness (QED) is 0.481. The van der Waals surface area contributed by atoms with Gasteiger partial charge < -0.3 is 4.74 Å². The molecule has 0 aliphatic carbocycles. The van der Waals surface area contributed by atoms with E-state index in [-0.39, 0.29) is 5.78 Å². The molecule has 0 unspecified atom stereocenters. The third kappa shape index (κ3) is 4.14. The number of rotatable bonds is 7. The van der Waals surface area contributed by atoms with E-state index >= 15 is 0 Å². The van der Waals surface area contributed by atoms with Gasteiger partial charge in [-0.05, 0) is 23.3 Å². The fraction of sp³-hybridized carbons (Fsp3) is 0.136. The van der Waals surface area contributed by atoms with Crippen molar-refractivity contribution < 1.29 is 9.53 Å². The van der Waals surface area contributed by atoms with E-state index in [0.29, 0.717) is 30.0 Å². The van der Waals surface area contributed by atoms with Crippen molar-refractivity contribution in [3.63, 3.8) is 0 Å². The van der Waals surface area contributed by atoms with Gasteiger partial charge in [0, 0.05) is 19.2 Å². The fourth-order valence-electron chi connectivity index (χ4n) is 2.64. The zero-order valence-electron chi connectivity index (χ0n) is 14.2. The molecule has 0 saturated heterocycles. The van der Waals surface area contributed by atoms with E-state index in [1.54, 1.807) is 7.05 Å². The molecule has 0 bridgehead atoms. The van der Waals surface area contributed by atoms with Gasteiger partial charge in [0.25, 0.3) is 0 Å². The lowest BCUT2D eigenvalue weighted by Gasteiger charge is -2.13. The van der Waals surface area contributed by atoms with Crippen LogP contribution in [0.1, 0.15) is 15.9 Å².